The Morgan fingerprint density at radius 1 is 1.20 bits per heavy atom. The molecule has 1 aromatic heterocycles. The van der Waals surface area contributed by atoms with E-state index in [0.717, 1.165) is 34.0 Å². The van der Waals surface area contributed by atoms with Crippen molar-refractivity contribution in [2.45, 2.75) is 33.2 Å². The van der Waals surface area contributed by atoms with Crippen LogP contribution in [0, 0.1) is 13.8 Å². The molecule has 2 rings (SSSR count). The molecule has 0 aliphatic carbocycles. The molecule has 3 nitrogen and oxygen atoms in total. The van der Waals surface area contributed by atoms with Gasteiger partial charge in [0.1, 0.15) is 11.5 Å². The largest absolute Gasteiger partial charge is 0.456 e. The van der Waals surface area contributed by atoms with E-state index in [1.54, 1.807) is 6.20 Å². The summed E-state index contributed by atoms with van der Waals surface area (Å²) in [6.45, 7) is 5.96. The van der Waals surface area contributed by atoms with E-state index >= 15 is 0 Å². The lowest BCUT2D eigenvalue weighted by Gasteiger charge is -2.11. The number of pyridine rings is 1. The van der Waals surface area contributed by atoms with Gasteiger partial charge in [-0.2, -0.15) is 0 Å². The summed E-state index contributed by atoms with van der Waals surface area (Å²) in [6.07, 6.45) is 2.56. The number of nitrogens with two attached hydrogens (primary N) is 1. The van der Waals surface area contributed by atoms with Crippen LogP contribution >= 0.6 is 11.6 Å². The van der Waals surface area contributed by atoms with Gasteiger partial charge in [-0.1, -0.05) is 18.5 Å². The lowest BCUT2D eigenvalue weighted by Crippen LogP contribution is -2.10. The lowest BCUT2D eigenvalue weighted by molar-refractivity contribution is 0.478. The third-order valence-electron chi connectivity index (χ3n) is 3.22. The minimum Gasteiger partial charge on any atom is -0.456 e. The first-order valence-corrected chi connectivity index (χ1v) is 7.05. The van der Waals surface area contributed by atoms with Crippen molar-refractivity contribution in [1.29, 1.82) is 0 Å². The first kappa shape index (κ1) is 14.8. The molecular formula is C16H19ClN2O. The zero-order valence-electron chi connectivity index (χ0n) is 12.0. The summed E-state index contributed by atoms with van der Waals surface area (Å²) in [7, 11) is 0. The molecule has 0 aliphatic rings. The van der Waals surface area contributed by atoms with E-state index in [4.69, 9.17) is 22.1 Å². The normalized spacial score (nSPS) is 12.2. The minimum absolute atomic E-state index is 0.0240. The number of rotatable bonds is 4. The van der Waals surface area contributed by atoms with Gasteiger partial charge in [-0.05, 0) is 55.7 Å². The van der Waals surface area contributed by atoms with Crippen LogP contribution < -0.4 is 10.5 Å². The maximum absolute atomic E-state index is 6.14. The summed E-state index contributed by atoms with van der Waals surface area (Å²) in [5, 5.41) is 0.778. The minimum atomic E-state index is -0.0240. The van der Waals surface area contributed by atoms with Gasteiger partial charge in [-0.3, -0.25) is 4.98 Å². The van der Waals surface area contributed by atoms with E-state index in [9.17, 15) is 0 Å². The second-order valence-electron chi connectivity index (χ2n) is 4.91. The second-order valence-corrected chi connectivity index (χ2v) is 5.28. The Bertz CT molecular complexity index is 573. The van der Waals surface area contributed by atoms with Gasteiger partial charge in [-0.25, -0.2) is 0 Å². The van der Waals surface area contributed by atoms with Crippen LogP contribution in [0.15, 0.2) is 30.5 Å². The molecule has 20 heavy (non-hydrogen) atoms. The molecule has 0 saturated carbocycles. The third kappa shape index (κ3) is 3.30. The van der Waals surface area contributed by atoms with E-state index in [2.05, 4.69) is 4.98 Å². The predicted molar refractivity (Wildman–Crippen MR) is 82.5 cm³/mol. The van der Waals surface area contributed by atoms with Gasteiger partial charge in [0.15, 0.2) is 0 Å². The molecule has 0 aliphatic heterocycles. The van der Waals surface area contributed by atoms with Crippen molar-refractivity contribution in [2.75, 3.05) is 0 Å². The van der Waals surface area contributed by atoms with Crippen molar-refractivity contribution in [1.82, 2.24) is 4.98 Å². The van der Waals surface area contributed by atoms with Crippen LogP contribution in [-0.2, 0) is 0 Å². The highest BCUT2D eigenvalue weighted by atomic mass is 35.5. The van der Waals surface area contributed by atoms with Crippen LogP contribution in [-0.4, -0.2) is 4.98 Å². The lowest BCUT2D eigenvalue weighted by atomic mass is 10.1. The van der Waals surface area contributed by atoms with Gasteiger partial charge < -0.3 is 10.5 Å². The molecule has 2 aromatic rings. The SMILES string of the molecule is CC[C@@H](N)c1ccc(Oc2cc(C)c(Cl)c(C)c2)cn1. The number of nitrogens with zero attached hydrogens (tertiary/aromatic N) is 1. The van der Waals surface area contributed by atoms with Crippen LogP contribution in [0.2, 0.25) is 5.02 Å². The smallest absolute Gasteiger partial charge is 0.145 e. The Morgan fingerprint density at radius 3 is 2.35 bits per heavy atom. The summed E-state index contributed by atoms with van der Waals surface area (Å²) < 4.78 is 5.80. The van der Waals surface area contributed by atoms with Crippen LogP contribution in [0.5, 0.6) is 11.5 Å². The van der Waals surface area contributed by atoms with Crippen molar-refractivity contribution >= 4 is 11.6 Å². The molecule has 0 spiro atoms. The molecule has 1 heterocycles. The maximum atomic E-state index is 6.14. The molecule has 0 saturated heterocycles. The van der Waals surface area contributed by atoms with E-state index in [1.165, 1.54) is 0 Å². The molecule has 0 bridgehead atoms. The standard InChI is InChI=1S/C16H19ClN2O/c1-4-14(18)15-6-5-12(9-19-15)20-13-7-10(2)16(17)11(3)8-13/h5-9,14H,4,18H2,1-3H3/t14-/m1/s1. The number of aromatic nitrogens is 1. The summed E-state index contributed by atoms with van der Waals surface area (Å²) in [6, 6.07) is 7.60. The highest BCUT2D eigenvalue weighted by molar-refractivity contribution is 6.32. The average Bonchev–Trinajstić information content (AvgIpc) is 2.44. The van der Waals surface area contributed by atoms with Gasteiger partial charge in [0.2, 0.25) is 0 Å². The number of halogens is 1. The molecule has 1 aromatic carbocycles. The first-order valence-electron chi connectivity index (χ1n) is 6.67. The van der Waals surface area contributed by atoms with Gasteiger partial charge in [0.05, 0.1) is 11.9 Å². The van der Waals surface area contributed by atoms with Crippen LogP contribution in [0.1, 0.15) is 36.2 Å². The van der Waals surface area contributed by atoms with E-state index in [1.807, 2.05) is 45.0 Å². The van der Waals surface area contributed by atoms with Crippen LogP contribution in [0.4, 0.5) is 0 Å². The molecular weight excluding hydrogens is 272 g/mol. The highest BCUT2D eigenvalue weighted by Gasteiger charge is 2.07. The molecule has 0 fully saturated rings. The zero-order valence-corrected chi connectivity index (χ0v) is 12.7. The Kier molecular flexibility index (Phi) is 4.63. The average molecular weight is 291 g/mol. The molecule has 2 N–H and O–H groups in total. The Labute approximate surface area is 124 Å². The monoisotopic (exact) mass is 290 g/mol. The van der Waals surface area contributed by atoms with Crippen molar-refractivity contribution in [3.63, 3.8) is 0 Å². The number of aryl methyl sites for hydroxylation is 2. The fourth-order valence-electron chi connectivity index (χ4n) is 1.98. The van der Waals surface area contributed by atoms with Crippen molar-refractivity contribution < 1.29 is 4.74 Å². The number of ether oxygens (including phenoxy) is 1. The Morgan fingerprint density at radius 2 is 1.85 bits per heavy atom. The summed E-state index contributed by atoms with van der Waals surface area (Å²) in [5.41, 5.74) is 8.81. The van der Waals surface area contributed by atoms with E-state index in [0.29, 0.717) is 5.75 Å². The van der Waals surface area contributed by atoms with Crippen molar-refractivity contribution in [3.05, 3.63) is 52.3 Å². The summed E-state index contributed by atoms with van der Waals surface area (Å²) in [4.78, 5) is 4.33. The Hall–Kier alpha value is -1.58. The molecule has 1 atom stereocenters. The van der Waals surface area contributed by atoms with E-state index < -0.39 is 0 Å². The zero-order chi connectivity index (χ0) is 14.7. The Balaban J connectivity index is 2.18. The molecule has 0 radical (unpaired) electrons. The number of hydrogen-bond donors (Lipinski definition) is 1. The van der Waals surface area contributed by atoms with Crippen LogP contribution in [0.3, 0.4) is 0 Å². The van der Waals surface area contributed by atoms with Gasteiger partial charge in [0.25, 0.3) is 0 Å². The quantitative estimate of drug-likeness (QED) is 0.898. The van der Waals surface area contributed by atoms with Gasteiger partial charge in [0, 0.05) is 11.1 Å². The molecule has 0 unspecified atom stereocenters. The molecule has 106 valence electrons. The van der Waals surface area contributed by atoms with Crippen molar-refractivity contribution in [3.8, 4) is 11.5 Å². The third-order valence-corrected chi connectivity index (χ3v) is 3.82. The maximum Gasteiger partial charge on any atom is 0.145 e. The second kappa shape index (κ2) is 6.25. The van der Waals surface area contributed by atoms with Gasteiger partial charge >= 0.3 is 0 Å². The first-order chi connectivity index (χ1) is 9.51. The fraction of sp³-hybridized carbons (Fsp3) is 0.312. The predicted octanol–water partition coefficient (Wildman–Crippen LogP) is 4.55. The summed E-state index contributed by atoms with van der Waals surface area (Å²) in [5.74, 6) is 1.46. The van der Waals surface area contributed by atoms with Gasteiger partial charge in [-0.15, -0.1) is 0 Å². The molecule has 4 heteroatoms. The molecule has 0 amide bonds. The van der Waals surface area contributed by atoms with E-state index in [-0.39, 0.29) is 6.04 Å². The van der Waals surface area contributed by atoms with Crippen molar-refractivity contribution in [2.24, 2.45) is 5.73 Å². The highest BCUT2D eigenvalue weighted by Crippen LogP contribution is 2.29. The fourth-order valence-corrected chi connectivity index (χ4v) is 2.09. The number of benzene rings is 1. The topological polar surface area (TPSA) is 48.1 Å². The summed E-state index contributed by atoms with van der Waals surface area (Å²) >= 11 is 6.14. The van der Waals surface area contributed by atoms with Crippen LogP contribution in [0.25, 0.3) is 0 Å². The number of hydrogen-bond acceptors (Lipinski definition) is 3.